The molecule has 0 aliphatic rings. The molecule has 1 heterocycles. The molecule has 1 atom stereocenters. The molecule has 0 bridgehead atoms. The first-order valence-corrected chi connectivity index (χ1v) is 8.82. The van der Waals surface area contributed by atoms with Gasteiger partial charge in [0.15, 0.2) is 15.6 Å². The van der Waals surface area contributed by atoms with Gasteiger partial charge in [0.1, 0.15) is 4.92 Å². The Morgan fingerprint density at radius 1 is 1.21 bits per heavy atom. The first-order valence-electron chi connectivity index (χ1n) is 6.92. The molecule has 1 amide bonds. The van der Waals surface area contributed by atoms with Crippen LogP contribution in [0.3, 0.4) is 0 Å². The largest absolute Gasteiger partial charge is 0.433 e. The van der Waals surface area contributed by atoms with Crippen LogP contribution >= 0.6 is 0 Å². The van der Waals surface area contributed by atoms with E-state index in [0.717, 1.165) is 17.9 Å². The van der Waals surface area contributed by atoms with Gasteiger partial charge in [0.25, 0.3) is 5.91 Å². The molecule has 0 spiro atoms. The second-order valence-electron chi connectivity index (χ2n) is 5.33. The number of sulfone groups is 1. The molecule has 2 rings (SSSR count). The molecule has 0 aliphatic carbocycles. The third-order valence-corrected chi connectivity index (χ3v) is 4.80. The molecule has 1 aromatic heterocycles. The van der Waals surface area contributed by atoms with Gasteiger partial charge in [-0.05, 0) is 30.7 Å². The van der Waals surface area contributed by atoms with Crippen molar-refractivity contribution in [2.24, 2.45) is 0 Å². The molecule has 0 saturated carbocycles. The predicted octanol–water partition coefficient (Wildman–Crippen LogP) is 2.42. The fraction of sp³-hybridized carbons (Fsp3) is 0.267. The van der Waals surface area contributed by atoms with Gasteiger partial charge in [-0.3, -0.25) is 14.9 Å². The van der Waals surface area contributed by atoms with Crippen LogP contribution in [0.25, 0.3) is 0 Å². The average Bonchev–Trinajstić information content (AvgIpc) is 3.02. The lowest BCUT2D eigenvalue weighted by atomic mass is 10.1. The third kappa shape index (κ3) is 3.62. The molecule has 0 saturated heterocycles. The van der Waals surface area contributed by atoms with E-state index in [1.165, 1.54) is 30.1 Å². The van der Waals surface area contributed by atoms with Crippen molar-refractivity contribution in [2.45, 2.75) is 17.9 Å². The molecule has 8 nitrogen and oxygen atoms in total. The van der Waals surface area contributed by atoms with Crippen molar-refractivity contribution in [1.29, 1.82) is 0 Å². The van der Waals surface area contributed by atoms with E-state index < -0.39 is 26.6 Å². The van der Waals surface area contributed by atoms with Crippen LogP contribution < -0.4 is 0 Å². The van der Waals surface area contributed by atoms with E-state index >= 15 is 0 Å². The van der Waals surface area contributed by atoms with E-state index in [4.69, 9.17) is 4.42 Å². The average molecular weight is 352 g/mol. The van der Waals surface area contributed by atoms with Crippen LogP contribution in [0.4, 0.5) is 5.88 Å². The Kier molecular flexibility index (Phi) is 4.74. The van der Waals surface area contributed by atoms with Crippen molar-refractivity contribution in [3.05, 3.63) is 57.8 Å². The lowest BCUT2D eigenvalue weighted by Crippen LogP contribution is -2.29. The number of furan rings is 1. The molecule has 9 heteroatoms. The fourth-order valence-electron chi connectivity index (χ4n) is 2.11. The summed E-state index contributed by atoms with van der Waals surface area (Å²) in [5.74, 6) is -1.15. The smallest absolute Gasteiger partial charge is 0.395 e. The summed E-state index contributed by atoms with van der Waals surface area (Å²) in [6.07, 6.45) is 1.12. The van der Waals surface area contributed by atoms with Gasteiger partial charge >= 0.3 is 5.88 Å². The van der Waals surface area contributed by atoms with Gasteiger partial charge in [-0.2, -0.15) is 0 Å². The number of carbonyl (C=O) groups excluding carboxylic acids is 1. The Balaban J connectivity index is 2.20. The first kappa shape index (κ1) is 17.7. The Bertz CT molecular complexity index is 870. The van der Waals surface area contributed by atoms with Crippen LogP contribution in [0.1, 0.15) is 29.1 Å². The Morgan fingerprint density at radius 3 is 2.25 bits per heavy atom. The van der Waals surface area contributed by atoms with Crippen LogP contribution in [-0.4, -0.2) is 37.5 Å². The van der Waals surface area contributed by atoms with E-state index in [1.807, 2.05) is 0 Å². The summed E-state index contributed by atoms with van der Waals surface area (Å²) in [4.78, 5) is 23.8. The highest BCUT2D eigenvalue weighted by Gasteiger charge is 2.24. The van der Waals surface area contributed by atoms with E-state index in [-0.39, 0.29) is 16.7 Å². The molecule has 0 fully saturated rings. The minimum absolute atomic E-state index is 0.135. The van der Waals surface area contributed by atoms with Gasteiger partial charge in [0.2, 0.25) is 0 Å². The predicted molar refractivity (Wildman–Crippen MR) is 85.4 cm³/mol. The van der Waals surface area contributed by atoms with E-state index in [0.29, 0.717) is 0 Å². The van der Waals surface area contributed by atoms with E-state index in [9.17, 15) is 23.3 Å². The quantitative estimate of drug-likeness (QED) is 0.603. The first-order chi connectivity index (χ1) is 11.1. The summed E-state index contributed by atoms with van der Waals surface area (Å²) in [5.41, 5.74) is 0.722. The zero-order valence-electron chi connectivity index (χ0n) is 13.3. The molecule has 1 aromatic carbocycles. The normalized spacial score (nSPS) is 12.6. The lowest BCUT2D eigenvalue weighted by Gasteiger charge is -2.24. The lowest BCUT2D eigenvalue weighted by molar-refractivity contribution is -0.402. The highest BCUT2D eigenvalue weighted by Crippen LogP contribution is 2.24. The van der Waals surface area contributed by atoms with Crippen LogP contribution in [0.15, 0.2) is 45.7 Å². The summed E-state index contributed by atoms with van der Waals surface area (Å²) < 4.78 is 27.8. The zero-order valence-corrected chi connectivity index (χ0v) is 14.1. The van der Waals surface area contributed by atoms with Crippen molar-refractivity contribution in [2.75, 3.05) is 13.3 Å². The Hall–Kier alpha value is -2.68. The van der Waals surface area contributed by atoms with Gasteiger partial charge in [-0.15, -0.1) is 0 Å². The molecular formula is C15H16N2O6S. The molecule has 128 valence electrons. The maximum absolute atomic E-state index is 12.3. The number of hydrogen-bond donors (Lipinski definition) is 0. The summed E-state index contributed by atoms with van der Waals surface area (Å²) in [6.45, 7) is 1.75. The minimum Gasteiger partial charge on any atom is -0.395 e. The highest BCUT2D eigenvalue weighted by atomic mass is 32.2. The summed E-state index contributed by atoms with van der Waals surface area (Å²) in [6, 6.07) is 8.16. The molecule has 24 heavy (non-hydrogen) atoms. The van der Waals surface area contributed by atoms with Crippen molar-refractivity contribution in [1.82, 2.24) is 4.90 Å². The van der Waals surface area contributed by atoms with Gasteiger partial charge in [0, 0.05) is 13.3 Å². The topological polar surface area (TPSA) is 111 Å². The number of carbonyl (C=O) groups is 1. The number of nitrogens with zero attached hydrogens (tertiary/aromatic N) is 2. The molecular weight excluding hydrogens is 336 g/mol. The van der Waals surface area contributed by atoms with Crippen LogP contribution in [0.5, 0.6) is 0 Å². The number of hydrogen-bond acceptors (Lipinski definition) is 6. The Labute approximate surface area is 138 Å². The molecule has 0 N–H and O–H groups in total. The van der Waals surface area contributed by atoms with Crippen molar-refractivity contribution in [3.63, 3.8) is 0 Å². The van der Waals surface area contributed by atoms with Gasteiger partial charge in [0.05, 0.1) is 17.0 Å². The second-order valence-corrected chi connectivity index (χ2v) is 7.34. The van der Waals surface area contributed by atoms with Gasteiger partial charge in [-0.25, -0.2) is 8.42 Å². The summed E-state index contributed by atoms with van der Waals surface area (Å²) in [5, 5.41) is 10.6. The number of benzene rings is 1. The highest BCUT2D eigenvalue weighted by molar-refractivity contribution is 7.90. The van der Waals surface area contributed by atoms with Crippen LogP contribution in [0, 0.1) is 10.1 Å². The Morgan fingerprint density at radius 2 is 1.79 bits per heavy atom. The molecule has 0 aliphatic heterocycles. The SMILES string of the molecule is CC(c1ccc(S(C)(=O)=O)cc1)N(C)C(=O)c1ccc([N+](=O)[O-])o1. The maximum atomic E-state index is 12.3. The van der Waals surface area contributed by atoms with E-state index in [2.05, 4.69) is 0 Å². The molecule has 0 radical (unpaired) electrons. The molecule has 1 unspecified atom stereocenters. The number of nitro groups is 1. The minimum atomic E-state index is -3.29. The monoisotopic (exact) mass is 352 g/mol. The summed E-state index contributed by atoms with van der Waals surface area (Å²) in [7, 11) is -1.76. The van der Waals surface area contributed by atoms with Crippen molar-refractivity contribution < 1.29 is 22.6 Å². The number of rotatable bonds is 5. The number of amides is 1. The van der Waals surface area contributed by atoms with Crippen LogP contribution in [0.2, 0.25) is 0 Å². The van der Waals surface area contributed by atoms with Crippen molar-refractivity contribution in [3.8, 4) is 0 Å². The summed E-state index contributed by atoms with van der Waals surface area (Å²) >= 11 is 0. The molecule has 2 aromatic rings. The zero-order chi connectivity index (χ0) is 18.1. The second kappa shape index (κ2) is 6.44. The fourth-order valence-corrected chi connectivity index (χ4v) is 2.74. The van der Waals surface area contributed by atoms with Gasteiger partial charge in [-0.1, -0.05) is 12.1 Å². The standard InChI is InChI=1S/C15H16N2O6S/c1-10(11-4-6-12(7-5-11)24(3,21)22)16(2)15(18)13-8-9-14(23-13)17(19)20/h4-10H,1-3H3. The maximum Gasteiger partial charge on any atom is 0.433 e. The van der Waals surface area contributed by atoms with Gasteiger partial charge < -0.3 is 9.32 Å². The van der Waals surface area contributed by atoms with E-state index in [1.54, 1.807) is 19.1 Å². The third-order valence-electron chi connectivity index (χ3n) is 3.67. The van der Waals surface area contributed by atoms with Crippen LogP contribution in [-0.2, 0) is 9.84 Å². The van der Waals surface area contributed by atoms with Crippen molar-refractivity contribution >= 4 is 21.6 Å².